The van der Waals surface area contributed by atoms with E-state index < -0.39 is 24.5 Å². The topological polar surface area (TPSA) is 97.7 Å². The van der Waals surface area contributed by atoms with Gasteiger partial charge < -0.3 is 9.84 Å². The Morgan fingerprint density at radius 1 is 1.29 bits per heavy atom. The second-order valence-electron chi connectivity index (χ2n) is 3.27. The standard InChI is InChI=1S/C11H14O6/c1-2-8(7-13)5-9(11(15)16)6-10(14)17-4-3-12/h2-3,7,9H,4-6H2,1H3,(H,15,16). The van der Waals surface area contributed by atoms with Gasteiger partial charge in [0.25, 0.3) is 0 Å². The molecule has 0 aliphatic rings. The molecule has 0 aromatic heterocycles. The number of carbonyl (C=O) groups excluding carboxylic acids is 3. The van der Waals surface area contributed by atoms with Gasteiger partial charge in [-0.25, -0.2) is 0 Å². The first-order valence-electron chi connectivity index (χ1n) is 4.97. The molecule has 94 valence electrons. The summed E-state index contributed by atoms with van der Waals surface area (Å²) < 4.78 is 4.44. The van der Waals surface area contributed by atoms with Gasteiger partial charge in [0.05, 0.1) is 12.3 Å². The third-order valence-corrected chi connectivity index (χ3v) is 2.08. The van der Waals surface area contributed by atoms with Crippen molar-refractivity contribution in [2.75, 3.05) is 6.61 Å². The summed E-state index contributed by atoms with van der Waals surface area (Å²) >= 11 is 0. The van der Waals surface area contributed by atoms with Crippen LogP contribution in [0.3, 0.4) is 0 Å². The quantitative estimate of drug-likeness (QED) is 0.375. The van der Waals surface area contributed by atoms with Gasteiger partial charge in [-0.15, -0.1) is 0 Å². The molecule has 1 unspecified atom stereocenters. The van der Waals surface area contributed by atoms with Crippen LogP contribution in [0.1, 0.15) is 19.8 Å². The monoisotopic (exact) mass is 242 g/mol. The fourth-order valence-electron chi connectivity index (χ4n) is 1.15. The van der Waals surface area contributed by atoms with Crippen LogP contribution in [0.2, 0.25) is 0 Å². The van der Waals surface area contributed by atoms with E-state index in [9.17, 15) is 19.2 Å². The molecule has 0 amide bonds. The minimum atomic E-state index is -1.19. The second-order valence-corrected chi connectivity index (χ2v) is 3.27. The van der Waals surface area contributed by atoms with E-state index in [1.54, 1.807) is 6.92 Å². The minimum Gasteiger partial charge on any atom is -0.481 e. The van der Waals surface area contributed by atoms with Crippen molar-refractivity contribution in [3.63, 3.8) is 0 Å². The van der Waals surface area contributed by atoms with E-state index in [-0.39, 0.29) is 12.8 Å². The van der Waals surface area contributed by atoms with Gasteiger partial charge >= 0.3 is 11.9 Å². The highest BCUT2D eigenvalue weighted by molar-refractivity contribution is 5.81. The lowest BCUT2D eigenvalue weighted by Gasteiger charge is -2.10. The van der Waals surface area contributed by atoms with Crippen molar-refractivity contribution in [2.24, 2.45) is 5.92 Å². The van der Waals surface area contributed by atoms with Crippen LogP contribution in [0.4, 0.5) is 0 Å². The highest BCUT2D eigenvalue weighted by Gasteiger charge is 2.23. The molecule has 1 N–H and O–H groups in total. The van der Waals surface area contributed by atoms with Gasteiger partial charge in [0.2, 0.25) is 0 Å². The number of hydrogen-bond acceptors (Lipinski definition) is 5. The predicted molar refractivity (Wildman–Crippen MR) is 57.2 cm³/mol. The first-order valence-corrected chi connectivity index (χ1v) is 4.97. The molecule has 0 fully saturated rings. The summed E-state index contributed by atoms with van der Waals surface area (Å²) in [4.78, 5) is 42.5. The second kappa shape index (κ2) is 8.20. The smallest absolute Gasteiger partial charge is 0.307 e. The number of carboxylic acid groups (broad SMARTS) is 1. The highest BCUT2D eigenvalue weighted by Crippen LogP contribution is 2.15. The molecule has 17 heavy (non-hydrogen) atoms. The molecule has 0 aliphatic carbocycles. The van der Waals surface area contributed by atoms with Crippen LogP contribution in [0.15, 0.2) is 11.6 Å². The summed E-state index contributed by atoms with van der Waals surface area (Å²) in [7, 11) is 0. The molecule has 0 radical (unpaired) electrons. The van der Waals surface area contributed by atoms with E-state index in [4.69, 9.17) is 5.11 Å². The van der Waals surface area contributed by atoms with Crippen LogP contribution in [0, 0.1) is 5.92 Å². The number of carboxylic acids is 1. The Labute approximate surface area is 98.3 Å². The maximum Gasteiger partial charge on any atom is 0.307 e. The van der Waals surface area contributed by atoms with Gasteiger partial charge in [-0.2, -0.15) is 0 Å². The highest BCUT2D eigenvalue weighted by atomic mass is 16.5. The molecule has 0 saturated carbocycles. The van der Waals surface area contributed by atoms with E-state index in [0.29, 0.717) is 18.1 Å². The Balaban J connectivity index is 4.44. The fraction of sp³-hybridized carbons (Fsp3) is 0.455. The lowest BCUT2D eigenvalue weighted by molar-refractivity contribution is -0.152. The van der Waals surface area contributed by atoms with Crippen LogP contribution in [0.25, 0.3) is 0 Å². The van der Waals surface area contributed by atoms with Crippen molar-refractivity contribution in [3.05, 3.63) is 11.6 Å². The van der Waals surface area contributed by atoms with Crippen molar-refractivity contribution in [1.29, 1.82) is 0 Å². The first kappa shape index (κ1) is 15.0. The van der Waals surface area contributed by atoms with Gasteiger partial charge in [0.15, 0.2) is 6.29 Å². The summed E-state index contributed by atoms with van der Waals surface area (Å²) in [5.74, 6) is -2.98. The number of carbonyl (C=O) groups is 4. The maximum atomic E-state index is 11.1. The Kier molecular flexibility index (Phi) is 7.25. The molecule has 6 nitrogen and oxygen atoms in total. The summed E-state index contributed by atoms with van der Waals surface area (Å²) in [5, 5.41) is 8.87. The summed E-state index contributed by atoms with van der Waals surface area (Å²) in [6.45, 7) is 1.21. The van der Waals surface area contributed by atoms with Crippen LogP contribution in [-0.4, -0.2) is 36.2 Å². The SMILES string of the molecule is CC=C(C=O)CC(CC(=O)OCC=O)C(=O)O. The predicted octanol–water partition coefficient (Wildman–Crippen LogP) is 0.355. The molecule has 0 saturated heterocycles. The number of aldehydes is 2. The van der Waals surface area contributed by atoms with E-state index in [1.165, 1.54) is 6.08 Å². The van der Waals surface area contributed by atoms with Crippen LogP contribution < -0.4 is 0 Å². The Hall–Kier alpha value is -1.98. The molecule has 0 heterocycles. The van der Waals surface area contributed by atoms with Crippen molar-refractivity contribution >= 4 is 24.5 Å². The Morgan fingerprint density at radius 2 is 1.94 bits per heavy atom. The normalized spacial score (nSPS) is 12.6. The molecular formula is C11H14O6. The van der Waals surface area contributed by atoms with Gasteiger partial charge in [-0.3, -0.25) is 19.2 Å². The number of hydrogen-bond donors (Lipinski definition) is 1. The lowest BCUT2D eigenvalue weighted by Crippen LogP contribution is -2.20. The van der Waals surface area contributed by atoms with Gasteiger partial charge in [-0.05, 0) is 18.9 Å². The van der Waals surface area contributed by atoms with Crippen LogP contribution >= 0.6 is 0 Å². The third-order valence-electron chi connectivity index (χ3n) is 2.08. The van der Waals surface area contributed by atoms with Crippen LogP contribution in [-0.2, 0) is 23.9 Å². The first-order chi connectivity index (χ1) is 8.04. The molecule has 0 aliphatic heterocycles. The molecule has 6 heteroatoms. The fourth-order valence-corrected chi connectivity index (χ4v) is 1.15. The lowest BCUT2D eigenvalue weighted by atomic mass is 9.97. The van der Waals surface area contributed by atoms with Crippen molar-refractivity contribution in [1.82, 2.24) is 0 Å². The zero-order chi connectivity index (χ0) is 13.3. The van der Waals surface area contributed by atoms with Gasteiger partial charge in [0, 0.05) is 0 Å². The van der Waals surface area contributed by atoms with Crippen molar-refractivity contribution in [2.45, 2.75) is 19.8 Å². The molecule has 0 aromatic carbocycles. The van der Waals surface area contributed by atoms with Crippen molar-refractivity contribution in [3.8, 4) is 0 Å². The average Bonchev–Trinajstić information content (AvgIpc) is 2.31. The molecule has 0 aromatic rings. The zero-order valence-corrected chi connectivity index (χ0v) is 9.42. The summed E-state index contributed by atoms with van der Waals surface area (Å²) in [6, 6.07) is 0. The van der Waals surface area contributed by atoms with E-state index in [0.717, 1.165) is 0 Å². The zero-order valence-electron chi connectivity index (χ0n) is 9.42. The molecule has 1 atom stereocenters. The number of ether oxygens (including phenoxy) is 1. The Morgan fingerprint density at radius 3 is 2.35 bits per heavy atom. The minimum absolute atomic E-state index is 0.0362. The summed E-state index contributed by atoms with van der Waals surface area (Å²) in [5.41, 5.74) is 0.306. The largest absolute Gasteiger partial charge is 0.481 e. The summed E-state index contributed by atoms with van der Waals surface area (Å²) in [6.07, 6.45) is 2.03. The van der Waals surface area contributed by atoms with Gasteiger partial charge in [0.1, 0.15) is 12.9 Å². The molecule has 0 spiro atoms. The number of rotatable bonds is 8. The van der Waals surface area contributed by atoms with E-state index in [2.05, 4.69) is 4.74 Å². The van der Waals surface area contributed by atoms with Gasteiger partial charge in [-0.1, -0.05) is 6.08 Å². The molecular weight excluding hydrogens is 228 g/mol. The molecule has 0 rings (SSSR count). The van der Waals surface area contributed by atoms with E-state index in [1.807, 2.05) is 0 Å². The van der Waals surface area contributed by atoms with Crippen molar-refractivity contribution < 1.29 is 29.0 Å². The van der Waals surface area contributed by atoms with E-state index >= 15 is 0 Å². The van der Waals surface area contributed by atoms with Crippen LogP contribution in [0.5, 0.6) is 0 Å². The number of esters is 1. The Bertz CT molecular complexity index is 331. The molecule has 0 bridgehead atoms. The number of allylic oxidation sites excluding steroid dienone is 2. The average molecular weight is 242 g/mol. The number of aliphatic carboxylic acids is 1. The third kappa shape index (κ3) is 6.24. The maximum absolute atomic E-state index is 11.1.